The largest absolute Gasteiger partial charge is 0.455 e. The van der Waals surface area contributed by atoms with Crippen LogP contribution in [0.3, 0.4) is 0 Å². The molecule has 3 rings (SSSR count). The Bertz CT molecular complexity index is 650. The van der Waals surface area contributed by atoms with Crippen molar-refractivity contribution >= 4 is 23.5 Å². The van der Waals surface area contributed by atoms with Crippen molar-refractivity contribution in [1.82, 2.24) is 4.90 Å². The molecule has 2 aliphatic rings. The Kier molecular flexibility index (Phi) is 5.36. The summed E-state index contributed by atoms with van der Waals surface area (Å²) in [6.07, 6.45) is 3.28. The van der Waals surface area contributed by atoms with Crippen LogP contribution in [0.1, 0.15) is 31.2 Å². The fourth-order valence-corrected chi connectivity index (χ4v) is 3.33. The number of hydrogen-bond acceptors (Lipinski definition) is 4. The second kappa shape index (κ2) is 7.68. The maximum Gasteiger partial charge on any atom is 0.311 e. The number of esters is 1. The standard InChI is InChI=1S/C19H24N2O4/c1-14-5-7-16(8-6-14)21-12-15(11-17(21)22)19(24)25-13-18(23)20-9-3-2-4-10-20/h5-8,15H,2-4,9-13H2,1H3. The van der Waals surface area contributed by atoms with E-state index in [1.165, 1.54) is 0 Å². The summed E-state index contributed by atoms with van der Waals surface area (Å²) in [5.41, 5.74) is 1.90. The quantitative estimate of drug-likeness (QED) is 0.783. The van der Waals surface area contributed by atoms with Gasteiger partial charge in [0.25, 0.3) is 5.91 Å². The molecule has 6 nitrogen and oxygen atoms in total. The van der Waals surface area contributed by atoms with Crippen LogP contribution >= 0.6 is 0 Å². The fourth-order valence-electron chi connectivity index (χ4n) is 3.33. The zero-order valence-electron chi connectivity index (χ0n) is 14.6. The fraction of sp³-hybridized carbons (Fsp3) is 0.526. The van der Waals surface area contributed by atoms with Crippen LogP contribution in [0.5, 0.6) is 0 Å². The minimum atomic E-state index is -0.511. The van der Waals surface area contributed by atoms with Crippen LogP contribution < -0.4 is 4.90 Å². The van der Waals surface area contributed by atoms with Crippen LogP contribution in [0.2, 0.25) is 0 Å². The number of amides is 2. The van der Waals surface area contributed by atoms with Crippen molar-refractivity contribution in [3.8, 4) is 0 Å². The van der Waals surface area contributed by atoms with Gasteiger partial charge >= 0.3 is 5.97 Å². The summed E-state index contributed by atoms with van der Waals surface area (Å²) in [6, 6.07) is 7.62. The molecule has 0 N–H and O–H groups in total. The highest BCUT2D eigenvalue weighted by Crippen LogP contribution is 2.26. The van der Waals surface area contributed by atoms with Gasteiger partial charge in [-0.3, -0.25) is 14.4 Å². The average Bonchev–Trinajstić information content (AvgIpc) is 3.02. The molecule has 1 atom stereocenters. The first kappa shape index (κ1) is 17.5. The highest BCUT2D eigenvalue weighted by Gasteiger charge is 2.36. The molecular formula is C19H24N2O4. The molecule has 2 amide bonds. The second-order valence-corrected chi connectivity index (χ2v) is 6.79. The van der Waals surface area contributed by atoms with E-state index in [0.717, 1.165) is 43.6 Å². The molecule has 0 saturated carbocycles. The highest BCUT2D eigenvalue weighted by atomic mass is 16.5. The number of piperidine rings is 1. The average molecular weight is 344 g/mol. The number of carbonyl (C=O) groups is 3. The normalized spacial score (nSPS) is 20.7. The first-order valence-electron chi connectivity index (χ1n) is 8.86. The molecule has 0 aromatic heterocycles. The summed E-state index contributed by atoms with van der Waals surface area (Å²) in [6.45, 7) is 3.53. The maximum atomic E-state index is 12.2. The van der Waals surface area contributed by atoms with Crippen molar-refractivity contribution in [2.24, 2.45) is 5.92 Å². The Morgan fingerprint density at radius 1 is 1.12 bits per heavy atom. The monoisotopic (exact) mass is 344 g/mol. The second-order valence-electron chi connectivity index (χ2n) is 6.79. The van der Waals surface area contributed by atoms with Gasteiger partial charge in [-0.25, -0.2) is 0 Å². The van der Waals surface area contributed by atoms with E-state index >= 15 is 0 Å². The van der Waals surface area contributed by atoms with Crippen LogP contribution in [0, 0.1) is 12.8 Å². The van der Waals surface area contributed by atoms with Crippen LogP contribution in [0.25, 0.3) is 0 Å². The summed E-state index contributed by atoms with van der Waals surface area (Å²) >= 11 is 0. The van der Waals surface area contributed by atoms with E-state index in [9.17, 15) is 14.4 Å². The van der Waals surface area contributed by atoms with Crippen molar-refractivity contribution in [3.05, 3.63) is 29.8 Å². The lowest BCUT2D eigenvalue weighted by molar-refractivity contribution is -0.155. The lowest BCUT2D eigenvalue weighted by Gasteiger charge is -2.26. The zero-order valence-corrected chi connectivity index (χ0v) is 14.6. The smallest absolute Gasteiger partial charge is 0.311 e. The molecule has 2 saturated heterocycles. The van der Waals surface area contributed by atoms with Crippen LogP contribution in [-0.4, -0.2) is 48.9 Å². The van der Waals surface area contributed by atoms with E-state index in [4.69, 9.17) is 4.74 Å². The number of ether oxygens (including phenoxy) is 1. The SMILES string of the molecule is Cc1ccc(N2CC(C(=O)OCC(=O)N3CCCCC3)CC2=O)cc1. The topological polar surface area (TPSA) is 66.9 Å². The molecule has 1 unspecified atom stereocenters. The van der Waals surface area contributed by atoms with Gasteiger partial charge in [0.1, 0.15) is 0 Å². The number of benzene rings is 1. The summed E-state index contributed by atoms with van der Waals surface area (Å²) in [5.74, 6) is -1.21. The molecule has 134 valence electrons. The Morgan fingerprint density at radius 3 is 2.48 bits per heavy atom. The molecule has 2 fully saturated rings. The van der Waals surface area contributed by atoms with Gasteiger partial charge in [-0.15, -0.1) is 0 Å². The lowest BCUT2D eigenvalue weighted by atomic mass is 10.1. The molecular weight excluding hydrogens is 320 g/mol. The van der Waals surface area contributed by atoms with Crippen LogP contribution in [-0.2, 0) is 19.1 Å². The predicted molar refractivity (Wildman–Crippen MR) is 93.0 cm³/mol. The number of aryl methyl sites for hydroxylation is 1. The number of likely N-dealkylation sites (tertiary alicyclic amines) is 1. The van der Waals surface area contributed by atoms with E-state index in [1.54, 1.807) is 9.80 Å². The van der Waals surface area contributed by atoms with Crippen LogP contribution in [0.4, 0.5) is 5.69 Å². The van der Waals surface area contributed by atoms with Crippen molar-refractivity contribution in [1.29, 1.82) is 0 Å². The van der Waals surface area contributed by atoms with Crippen molar-refractivity contribution in [3.63, 3.8) is 0 Å². The van der Waals surface area contributed by atoms with E-state index in [1.807, 2.05) is 31.2 Å². The first-order chi connectivity index (χ1) is 12.0. The molecule has 25 heavy (non-hydrogen) atoms. The molecule has 1 aromatic rings. The Morgan fingerprint density at radius 2 is 1.80 bits per heavy atom. The molecule has 0 spiro atoms. The van der Waals surface area contributed by atoms with E-state index in [2.05, 4.69) is 0 Å². The summed E-state index contributed by atoms with van der Waals surface area (Å²) in [4.78, 5) is 39.9. The third-order valence-electron chi connectivity index (χ3n) is 4.85. The minimum absolute atomic E-state index is 0.0897. The lowest BCUT2D eigenvalue weighted by Crippen LogP contribution is -2.39. The maximum absolute atomic E-state index is 12.2. The van der Waals surface area contributed by atoms with Gasteiger partial charge in [0.15, 0.2) is 6.61 Å². The van der Waals surface area contributed by atoms with Crippen LogP contribution in [0.15, 0.2) is 24.3 Å². The number of carbonyl (C=O) groups excluding carboxylic acids is 3. The summed E-state index contributed by atoms with van der Waals surface area (Å²) < 4.78 is 5.18. The Balaban J connectivity index is 1.52. The minimum Gasteiger partial charge on any atom is -0.455 e. The van der Waals surface area contributed by atoms with E-state index in [-0.39, 0.29) is 24.8 Å². The molecule has 2 heterocycles. The number of anilines is 1. The highest BCUT2D eigenvalue weighted by molar-refractivity contribution is 5.99. The van der Waals surface area contributed by atoms with E-state index in [0.29, 0.717) is 6.54 Å². The summed E-state index contributed by atoms with van der Waals surface area (Å²) in [5, 5.41) is 0. The van der Waals surface area contributed by atoms with Gasteiger partial charge in [-0.1, -0.05) is 17.7 Å². The molecule has 0 bridgehead atoms. The number of hydrogen-bond donors (Lipinski definition) is 0. The van der Waals surface area contributed by atoms with Gasteiger partial charge in [0.05, 0.1) is 5.92 Å². The third kappa shape index (κ3) is 4.18. The molecule has 6 heteroatoms. The van der Waals surface area contributed by atoms with Gasteiger partial charge in [-0.05, 0) is 38.3 Å². The van der Waals surface area contributed by atoms with Gasteiger partial charge in [0.2, 0.25) is 5.91 Å². The third-order valence-corrected chi connectivity index (χ3v) is 4.85. The molecule has 0 radical (unpaired) electrons. The number of nitrogens with zero attached hydrogens (tertiary/aromatic N) is 2. The molecule has 0 aliphatic carbocycles. The molecule has 2 aliphatic heterocycles. The summed E-state index contributed by atoms with van der Waals surface area (Å²) in [7, 11) is 0. The Hall–Kier alpha value is -2.37. The van der Waals surface area contributed by atoms with Crippen molar-refractivity contribution < 1.29 is 19.1 Å². The zero-order chi connectivity index (χ0) is 17.8. The van der Waals surface area contributed by atoms with Gasteiger partial charge < -0.3 is 14.5 Å². The Labute approximate surface area is 147 Å². The van der Waals surface area contributed by atoms with E-state index < -0.39 is 11.9 Å². The van der Waals surface area contributed by atoms with Gasteiger partial charge in [-0.2, -0.15) is 0 Å². The van der Waals surface area contributed by atoms with Crippen molar-refractivity contribution in [2.75, 3.05) is 31.1 Å². The predicted octanol–water partition coefficient (Wildman–Crippen LogP) is 1.90. The first-order valence-corrected chi connectivity index (χ1v) is 8.86. The molecule has 1 aromatic carbocycles. The van der Waals surface area contributed by atoms with Crippen molar-refractivity contribution in [2.45, 2.75) is 32.6 Å². The van der Waals surface area contributed by atoms with Gasteiger partial charge in [0, 0.05) is 31.7 Å². The number of rotatable bonds is 4.